The standard InChI is InChI=1S/C11H17F2NO4/c1-9(2,3)18-7(15)10(4)5-11(12,13)6-14(10)8(16)17/h5-6H2,1-4H3,(H,16,17)/t10-/m0/s1. The third kappa shape index (κ3) is 2.88. The van der Waals surface area contributed by atoms with Crippen molar-refractivity contribution in [3.05, 3.63) is 0 Å². The van der Waals surface area contributed by atoms with Crippen LogP contribution in [0.25, 0.3) is 0 Å². The molecule has 18 heavy (non-hydrogen) atoms. The molecule has 0 aliphatic carbocycles. The number of hydrogen-bond donors (Lipinski definition) is 1. The van der Waals surface area contributed by atoms with E-state index < -0.39 is 42.1 Å². The Morgan fingerprint density at radius 3 is 2.22 bits per heavy atom. The van der Waals surface area contributed by atoms with Crippen molar-refractivity contribution in [1.82, 2.24) is 4.90 Å². The Hall–Kier alpha value is -1.40. The molecule has 1 rings (SSSR count). The van der Waals surface area contributed by atoms with Crippen LogP contribution in [-0.2, 0) is 9.53 Å². The molecule has 0 spiro atoms. The van der Waals surface area contributed by atoms with Crippen molar-refractivity contribution in [2.24, 2.45) is 0 Å². The summed E-state index contributed by atoms with van der Waals surface area (Å²) in [4.78, 5) is 23.3. The minimum absolute atomic E-state index is 0.446. The molecular formula is C11H17F2NO4. The predicted octanol–water partition coefficient (Wildman–Crippen LogP) is 2.11. The maximum absolute atomic E-state index is 13.3. The van der Waals surface area contributed by atoms with Crippen molar-refractivity contribution in [2.45, 2.75) is 51.2 Å². The molecule has 1 saturated heterocycles. The molecule has 1 atom stereocenters. The van der Waals surface area contributed by atoms with Gasteiger partial charge in [-0.05, 0) is 27.7 Å². The highest BCUT2D eigenvalue weighted by Gasteiger charge is 2.59. The van der Waals surface area contributed by atoms with E-state index in [1.165, 1.54) is 0 Å². The van der Waals surface area contributed by atoms with Crippen molar-refractivity contribution in [3.63, 3.8) is 0 Å². The molecule has 104 valence electrons. The van der Waals surface area contributed by atoms with E-state index in [9.17, 15) is 18.4 Å². The van der Waals surface area contributed by atoms with E-state index >= 15 is 0 Å². The van der Waals surface area contributed by atoms with Gasteiger partial charge in [0, 0.05) is 6.42 Å². The number of rotatable bonds is 1. The fourth-order valence-corrected chi connectivity index (χ4v) is 1.91. The van der Waals surface area contributed by atoms with Crippen LogP contribution in [0.4, 0.5) is 13.6 Å². The Morgan fingerprint density at radius 2 is 1.83 bits per heavy atom. The SMILES string of the molecule is CC(C)(C)OC(=O)[C@]1(C)CC(F)(F)CN1C(=O)O. The van der Waals surface area contributed by atoms with Gasteiger partial charge in [0.05, 0.1) is 6.54 Å². The average Bonchev–Trinajstić information content (AvgIpc) is 2.34. The fourth-order valence-electron chi connectivity index (χ4n) is 1.91. The molecule has 0 aromatic carbocycles. The first kappa shape index (κ1) is 14.7. The van der Waals surface area contributed by atoms with E-state index in [1.807, 2.05) is 0 Å². The lowest BCUT2D eigenvalue weighted by molar-refractivity contribution is -0.166. The first-order valence-corrected chi connectivity index (χ1v) is 5.49. The lowest BCUT2D eigenvalue weighted by atomic mass is 9.97. The first-order valence-electron chi connectivity index (χ1n) is 5.49. The Kier molecular flexibility index (Phi) is 3.31. The molecule has 0 bridgehead atoms. The third-order valence-electron chi connectivity index (χ3n) is 2.66. The summed E-state index contributed by atoms with van der Waals surface area (Å²) in [5.41, 5.74) is -2.70. The number of amides is 1. The molecule has 1 aliphatic heterocycles. The van der Waals surface area contributed by atoms with Crippen molar-refractivity contribution < 1.29 is 28.2 Å². The van der Waals surface area contributed by atoms with Crippen LogP contribution in [0.2, 0.25) is 0 Å². The topological polar surface area (TPSA) is 66.8 Å². The Bertz CT molecular complexity index is 378. The zero-order chi connectivity index (χ0) is 14.4. The minimum atomic E-state index is -3.22. The summed E-state index contributed by atoms with van der Waals surface area (Å²) in [6, 6.07) is 0. The monoisotopic (exact) mass is 265 g/mol. The van der Waals surface area contributed by atoms with Gasteiger partial charge in [0.1, 0.15) is 11.1 Å². The molecule has 0 aromatic rings. The van der Waals surface area contributed by atoms with E-state index in [4.69, 9.17) is 9.84 Å². The van der Waals surface area contributed by atoms with Crippen molar-refractivity contribution in [3.8, 4) is 0 Å². The largest absolute Gasteiger partial charge is 0.465 e. The summed E-state index contributed by atoms with van der Waals surface area (Å²) < 4.78 is 31.7. The number of carboxylic acid groups (broad SMARTS) is 1. The highest BCUT2D eigenvalue weighted by Crippen LogP contribution is 2.40. The summed E-state index contributed by atoms with van der Waals surface area (Å²) in [5.74, 6) is -4.17. The normalized spacial score (nSPS) is 27.1. The smallest absolute Gasteiger partial charge is 0.408 e. The second-order valence-corrected chi connectivity index (χ2v) is 5.68. The molecule has 0 aromatic heterocycles. The molecular weight excluding hydrogens is 248 g/mol. The van der Waals surface area contributed by atoms with Gasteiger partial charge >= 0.3 is 12.1 Å². The molecule has 7 heteroatoms. The van der Waals surface area contributed by atoms with Crippen LogP contribution in [0, 0.1) is 0 Å². The van der Waals surface area contributed by atoms with Gasteiger partial charge in [0.2, 0.25) is 0 Å². The van der Waals surface area contributed by atoms with Gasteiger partial charge in [-0.2, -0.15) is 0 Å². The zero-order valence-corrected chi connectivity index (χ0v) is 10.8. The van der Waals surface area contributed by atoms with Crippen molar-refractivity contribution >= 4 is 12.1 Å². The second-order valence-electron chi connectivity index (χ2n) is 5.68. The Morgan fingerprint density at radius 1 is 1.33 bits per heavy atom. The van der Waals surface area contributed by atoms with Crippen LogP contribution in [-0.4, -0.2) is 45.7 Å². The van der Waals surface area contributed by atoms with Gasteiger partial charge in [0.15, 0.2) is 0 Å². The maximum atomic E-state index is 13.3. The van der Waals surface area contributed by atoms with Gasteiger partial charge in [-0.15, -0.1) is 0 Å². The van der Waals surface area contributed by atoms with Crippen LogP contribution in [0.5, 0.6) is 0 Å². The number of halogens is 2. The van der Waals surface area contributed by atoms with Gasteiger partial charge in [0.25, 0.3) is 5.92 Å². The third-order valence-corrected chi connectivity index (χ3v) is 2.66. The highest BCUT2D eigenvalue weighted by atomic mass is 19.3. The van der Waals surface area contributed by atoms with E-state index in [2.05, 4.69) is 0 Å². The summed E-state index contributed by atoms with van der Waals surface area (Å²) in [6.07, 6.45) is -2.41. The highest BCUT2D eigenvalue weighted by molar-refractivity contribution is 5.86. The van der Waals surface area contributed by atoms with E-state index in [1.54, 1.807) is 20.8 Å². The lowest BCUT2D eigenvalue weighted by Gasteiger charge is -2.32. The number of hydrogen-bond acceptors (Lipinski definition) is 3. The van der Waals surface area contributed by atoms with Crippen LogP contribution >= 0.6 is 0 Å². The number of ether oxygens (including phenoxy) is 1. The maximum Gasteiger partial charge on any atom is 0.408 e. The predicted molar refractivity (Wildman–Crippen MR) is 58.5 cm³/mol. The van der Waals surface area contributed by atoms with E-state index in [0.717, 1.165) is 6.92 Å². The van der Waals surface area contributed by atoms with Gasteiger partial charge in [-0.1, -0.05) is 0 Å². The molecule has 5 nitrogen and oxygen atoms in total. The first-order chi connectivity index (χ1) is 7.87. The summed E-state index contributed by atoms with van der Waals surface area (Å²) in [6.45, 7) is 4.94. The second kappa shape index (κ2) is 4.07. The van der Waals surface area contributed by atoms with E-state index in [0.29, 0.717) is 4.90 Å². The number of carbonyl (C=O) groups is 2. The zero-order valence-electron chi connectivity index (χ0n) is 10.8. The Balaban J connectivity index is 3.02. The van der Waals surface area contributed by atoms with Gasteiger partial charge in [-0.3, -0.25) is 4.90 Å². The molecule has 1 heterocycles. The quantitative estimate of drug-likeness (QED) is 0.737. The summed E-state index contributed by atoms with van der Waals surface area (Å²) in [7, 11) is 0. The molecule has 0 unspecified atom stereocenters. The van der Waals surface area contributed by atoms with Crippen LogP contribution < -0.4 is 0 Å². The molecule has 1 N–H and O–H groups in total. The number of alkyl halides is 2. The number of nitrogens with zero attached hydrogens (tertiary/aromatic N) is 1. The summed E-state index contributed by atoms with van der Waals surface area (Å²) in [5, 5.41) is 8.91. The molecule has 1 amide bonds. The van der Waals surface area contributed by atoms with Crippen LogP contribution in [0.1, 0.15) is 34.1 Å². The van der Waals surface area contributed by atoms with Crippen LogP contribution in [0.3, 0.4) is 0 Å². The lowest BCUT2D eigenvalue weighted by Crippen LogP contribution is -2.52. The van der Waals surface area contributed by atoms with Gasteiger partial charge < -0.3 is 9.84 Å². The van der Waals surface area contributed by atoms with Gasteiger partial charge in [-0.25, -0.2) is 18.4 Å². The molecule has 0 saturated carbocycles. The van der Waals surface area contributed by atoms with Crippen molar-refractivity contribution in [2.75, 3.05) is 6.54 Å². The van der Waals surface area contributed by atoms with Crippen molar-refractivity contribution in [1.29, 1.82) is 0 Å². The molecule has 1 fully saturated rings. The summed E-state index contributed by atoms with van der Waals surface area (Å²) >= 11 is 0. The minimum Gasteiger partial charge on any atom is -0.465 e. The molecule has 1 aliphatic rings. The number of likely N-dealkylation sites (tertiary alicyclic amines) is 1. The fraction of sp³-hybridized carbons (Fsp3) is 0.818. The Labute approximate surface area is 104 Å². The average molecular weight is 265 g/mol. The van der Waals surface area contributed by atoms with Crippen LogP contribution in [0.15, 0.2) is 0 Å². The number of carbonyl (C=O) groups excluding carboxylic acids is 1. The molecule has 0 radical (unpaired) electrons. The number of esters is 1. The van der Waals surface area contributed by atoms with E-state index in [-0.39, 0.29) is 0 Å².